The first-order valence-corrected chi connectivity index (χ1v) is 5.85. The second kappa shape index (κ2) is 6.91. The summed E-state index contributed by atoms with van der Waals surface area (Å²) in [6.45, 7) is 2.24. The molecule has 0 aliphatic carbocycles. The van der Waals surface area contributed by atoms with Gasteiger partial charge in [0, 0.05) is 13.1 Å². The molecule has 0 bridgehead atoms. The highest BCUT2D eigenvalue weighted by molar-refractivity contribution is 5.92. The van der Waals surface area contributed by atoms with Crippen LogP contribution in [0.4, 0.5) is 19.0 Å². The molecular formula is C11H15F3N4O. The second-order valence-electron chi connectivity index (χ2n) is 3.85. The van der Waals surface area contributed by atoms with Crippen LogP contribution in [0.15, 0.2) is 12.1 Å². The van der Waals surface area contributed by atoms with Crippen molar-refractivity contribution < 1.29 is 18.0 Å². The maximum atomic E-state index is 11.9. The van der Waals surface area contributed by atoms with Gasteiger partial charge >= 0.3 is 6.18 Å². The molecule has 0 saturated heterocycles. The molecule has 0 fully saturated rings. The van der Waals surface area contributed by atoms with E-state index in [4.69, 9.17) is 0 Å². The summed E-state index contributed by atoms with van der Waals surface area (Å²) in [5.74, 6) is -0.146. The Balaban J connectivity index is 2.44. The molecule has 5 nitrogen and oxygen atoms in total. The zero-order valence-electron chi connectivity index (χ0n) is 10.4. The van der Waals surface area contributed by atoms with Crippen molar-refractivity contribution in [3.63, 3.8) is 0 Å². The normalized spacial score (nSPS) is 11.2. The van der Waals surface area contributed by atoms with Gasteiger partial charge in [0.25, 0.3) is 5.91 Å². The average Bonchev–Trinajstić information content (AvgIpc) is 2.35. The van der Waals surface area contributed by atoms with Crippen LogP contribution in [-0.4, -0.2) is 35.4 Å². The Morgan fingerprint density at radius 2 is 2.00 bits per heavy atom. The minimum atomic E-state index is -4.28. The molecular weight excluding hydrogens is 261 g/mol. The van der Waals surface area contributed by atoms with E-state index in [1.165, 1.54) is 6.07 Å². The van der Waals surface area contributed by atoms with Crippen molar-refractivity contribution in [3.05, 3.63) is 17.8 Å². The predicted molar refractivity (Wildman–Crippen MR) is 63.8 cm³/mol. The second-order valence-corrected chi connectivity index (χ2v) is 3.85. The van der Waals surface area contributed by atoms with E-state index < -0.39 is 25.0 Å². The van der Waals surface area contributed by atoms with E-state index in [-0.39, 0.29) is 5.69 Å². The van der Waals surface area contributed by atoms with Gasteiger partial charge in [-0.25, -0.2) is 0 Å². The van der Waals surface area contributed by atoms with Gasteiger partial charge in [-0.1, -0.05) is 6.92 Å². The third-order valence-electron chi connectivity index (χ3n) is 2.15. The molecule has 106 valence electrons. The average molecular weight is 276 g/mol. The summed E-state index contributed by atoms with van der Waals surface area (Å²) in [5.41, 5.74) is -0.00998. The van der Waals surface area contributed by atoms with Crippen LogP contribution in [0.5, 0.6) is 0 Å². The first-order chi connectivity index (χ1) is 8.92. The number of hydrogen-bond acceptors (Lipinski definition) is 4. The van der Waals surface area contributed by atoms with Gasteiger partial charge in [0.2, 0.25) is 0 Å². The number of amides is 1. The van der Waals surface area contributed by atoms with E-state index in [1.54, 1.807) is 6.07 Å². The van der Waals surface area contributed by atoms with Crippen LogP contribution in [0.2, 0.25) is 0 Å². The third kappa shape index (κ3) is 6.03. The lowest BCUT2D eigenvalue weighted by molar-refractivity contribution is -0.132. The minimum Gasteiger partial charge on any atom is -0.369 e. The molecule has 0 radical (unpaired) electrons. The summed E-state index contributed by atoms with van der Waals surface area (Å²) in [5, 5.41) is 12.5. The molecule has 1 amide bonds. The van der Waals surface area contributed by atoms with Crippen LogP contribution in [0.1, 0.15) is 30.3 Å². The van der Waals surface area contributed by atoms with Crippen LogP contribution in [0.25, 0.3) is 0 Å². The van der Waals surface area contributed by atoms with E-state index in [0.717, 1.165) is 13.0 Å². The molecule has 0 unspecified atom stereocenters. The van der Waals surface area contributed by atoms with Crippen molar-refractivity contribution in [2.75, 3.05) is 18.4 Å². The first kappa shape index (κ1) is 15.2. The van der Waals surface area contributed by atoms with Gasteiger partial charge in [-0.15, -0.1) is 10.2 Å². The molecule has 0 atom stereocenters. The lowest BCUT2D eigenvalue weighted by atomic mass is 10.3. The van der Waals surface area contributed by atoms with Gasteiger partial charge in [0.05, 0.1) is 6.42 Å². The van der Waals surface area contributed by atoms with Crippen LogP contribution < -0.4 is 10.6 Å². The molecule has 0 spiro atoms. The quantitative estimate of drug-likeness (QED) is 0.833. The number of anilines is 1. The number of aromatic nitrogens is 2. The molecule has 19 heavy (non-hydrogen) atoms. The first-order valence-electron chi connectivity index (χ1n) is 5.85. The molecule has 1 aromatic heterocycles. The van der Waals surface area contributed by atoms with Gasteiger partial charge in [0.15, 0.2) is 5.69 Å². The Hall–Kier alpha value is -1.86. The monoisotopic (exact) mass is 276 g/mol. The van der Waals surface area contributed by atoms with Crippen LogP contribution in [0.3, 0.4) is 0 Å². The fourth-order valence-electron chi connectivity index (χ4n) is 1.21. The van der Waals surface area contributed by atoms with Gasteiger partial charge in [0.1, 0.15) is 5.82 Å². The zero-order chi connectivity index (χ0) is 14.3. The van der Waals surface area contributed by atoms with E-state index in [2.05, 4.69) is 20.8 Å². The number of nitrogens with one attached hydrogen (secondary N) is 2. The number of halogens is 3. The van der Waals surface area contributed by atoms with E-state index in [9.17, 15) is 18.0 Å². The minimum absolute atomic E-state index is 0.00998. The fraction of sp³-hybridized carbons (Fsp3) is 0.545. The summed E-state index contributed by atoms with van der Waals surface area (Å²) >= 11 is 0. The lowest BCUT2D eigenvalue weighted by Gasteiger charge is -2.07. The van der Waals surface area contributed by atoms with E-state index in [1.807, 2.05) is 6.92 Å². The Morgan fingerprint density at radius 3 is 2.53 bits per heavy atom. The Morgan fingerprint density at radius 1 is 1.26 bits per heavy atom. The number of alkyl halides is 3. The summed E-state index contributed by atoms with van der Waals surface area (Å²) in [4.78, 5) is 11.5. The van der Waals surface area contributed by atoms with Gasteiger partial charge in [-0.05, 0) is 18.6 Å². The van der Waals surface area contributed by atoms with Crippen molar-refractivity contribution in [3.8, 4) is 0 Å². The lowest BCUT2D eigenvalue weighted by Crippen LogP contribution is -2.28. The van der Waals surface area contributed by atoms with Crippen molar-refractivity contribution in [2.24, 2.45) is 0 Å². The van der Waals surface area contributed by atoms with Crippen LogP contribution in [0, 0.1) is 0 Å². The fourth-order valence-corrected chi connectivity index (χ4v) is 1.21. The highest BCUT2D eigenvalue weighted by Crippen LogP contribution is 2.18. The Bertz CT molecular complexity index is 405. The van der Waals surface area contributed by atoms with Crippen molar-refractivity contribution in [1.29, 1.82) is 0 Å². The van der Waals surface area contributed by atoms with Crippen LogP contribution in [-0.2, 0) is 0 Å². The summed E-state index contributed by atoms with van der Waals surface area (Å²) < 4.78 is 35.7. The standard InChI is InChI=1S/C11H15F3N4O/c1-2-6-15-9-4-3-8(17-18-9)10(19)16-7-5-11(12,13)14/h3-4H,2,5-7H2,1H3,(H,15,18)(H,16,19). The molecule has 2 N–H and O–H groups in total. The molecule has 1 rings (SSSR count). The molecule has 0 aliphatic rings. The number of carbonyl (C=O) groups excluding carboxylic acids is 1. The predicted octanol–water partition coefficient (Wildman–Crippen LogP) is 1.98. The molecule has 0 saturated carbocycles. The summed E-state index contributed by atoms with van der Waals surface area (Å²) in [7, 11) is 0. The largest absolute Gasteiger partial charge is 0.390 e. The number of rotatable bonds is 6. The van der Waals surface area contributed by atoms with Gasteiger partial charge < -0.3 is 10.6 Å². The maximum absolute atomic E-state index is 11.9. The van der Waals surface area contributed by atoms with Crippen molar-refractivity contribution >= 4 is 11.7 Å². The maximum Gasteiger partial charge on any atom is 0.390 e. The molecule has 0 aromatic carbocycles. The molecule has 0 aliphatic heterocycles. The highest BCUT2D eigenvalue weighted by Gasteiger charge is 2.26. The van der Waals surface area contributed by atoms with E-state index in [0.29, 0.717) is 5.82 Å². The number of carbonyl (C=O) groups is 1. The Labute approximate surface area is 108 Å². The van der Waals surface area contributed by atoms with Gasteiger partial charge in [-0.3, -0.25) is 4.79 Å². The van der Waals surface area contributed by atoms with E-state index >= 15 is 0 Å². The van der Waals surface area contributed by atoms with Crippen molar-refractivity contribution in [2.45, 2.75) is 25.9 Å². The SMILES string of the molecule is CCCNc1ccc(C(=O)NCCC(F)(F)F)nn1. The highest BCUT2D eigenvalue weighted by atomic mass is 19.4. The zero-order valence-corrected chi connectivity index (χ0v) is 10.4. The third-order valence-corrected chi connectivity index (χ3v) is 2.15. The number of hydrogen-bond donors (Lipinski definition) is 2. The molecule has 1 heterocycles. The summed E-state index contributed by atoms with van der Waals surface area (Å²) in [6, 6.07) is 2.97. The number of nitrogens with zero attached hydrogens (tertiary/aromatic N) is 2. The topological polar surface area (TPSA) is 66.9 Å². The van der Waals surface area contributed by atoms with Crippen LogP contribution >= 0.6 is 0 Å². The smallest absolute Gasteiger partial charge is 0.369 e. The molecule has 1 aromatic rings. The summed E-state index contributed by atoms with van der Waals surface area (Å²) in [6.07, 6.45) is -4.43. The molecule has 8 heteroatoms. The Kier molecular flexibility index (Phi) is 5.53. The van der Waals surface area contributed by atoms with Gasteiger partial charge in [-0.2, -0.15) is 13.2 Å². The van der Waals surface area contributed by atoms with Crippen molar-refractivity contribution in [1.82, 2.24) is 15.5 Å².